The zero-order chi connectivity index (χ0) is 9.68. The normalized spacial score (nSPS) is 8.92. The molecule has 13 heavy (non-hydrogen) atoms. The van der Waals surface area contributed by atoms with Crippen molar-refractivity contribution < 1.29 is 4.74 Å². The van der Waals surface area contributed by atoms with Gasteiger partial charge in [-0.1, -0.05) is 30.2 Å². The van der Waals surface area contributed by atoms with E-state index in [4.69, 9.17) is 11.2 Å². The molecule has 1 nitrogen and oxygen atoms in total. The molecule has 0 saturated carbocycles. The SMILES string of the molecule is C#CCOc1ccc(C)cc1C=C. The van der Waals surface area contributed by atoms with Crippen molar-refractivity contribution >= 4 is 6.08 Å². The third-order valence-corrected chi connectivity index (χ3v) is 1.70. The van der Waals surface area contributed by atoms with Crippen LogP contribution in [0.4, 0.5) is 0 Å². The highest BCUT2D eigenvalue weighted by molar-refractivity contribution is 5.56. The summed E-state index contributed by atoms with van der Waals surface area (Å²) in [5.41, 5.74) is 2.17. The summed E-state index contributed by atoms with van der Waals surface area (Å²) in [5, 5.41) is 0. The van der Waals surface area contributed by atoms with Crippen molar-refractivity contribution in [3.8, 4) is 18.1 Å². The van der Waals surface area contributed by atoms with Crippen LogP contribution in [0.3, 0.4) is 0 Å². The van der Waals surface area contributed by atoms with Gasteiger partial charge in [0.05, 0.1) is 0 Å². The fraction of sp³-hybridized carbons (Fsp3) is 0.167. The second-order valence-electron chi connectivity index (χ2n) is 2.74. The van der Waals surface area contributed by atoms with Gasteiger partial charge >= 0.3 is 0 Å². The number of ether oxygens (including phenoxy) is 1. The molecule has 0 atom stereocenters. The van der Waals surface area contributed by atoms with Crippen molar-refractivity contribution in [2.45, 2.75) is 6.92 Å². The fourth-order valence-corrected chi connectivity index (χ4v) is 1.08. The minimum atomic E-state index is 0.296. The number of rotatable bonds is 3. The second-order valence-corrected chi connectivity index (χ2v) is 2.74. The Balaban J connectivity index is 2.93. The van der Waals surface area contributed by atoms with Gasteiger partial charge in [-0.15, -0.1) is 6.42 Å². The molecule has 0 aromatic heterocycles. The molecule has 0 saturated heterocycles. The standard InChI is InChI=1S/C12H12O/c1-4-8-13-12-7-6-10(3)9-11(12)5-2/h1,5-7,9H,2,8H2,3H3. The minimum Gasteiger partial charge on any atom is -0.480 e. The highest BCUT2D eigenvalue weighted by atomic mass is 16.5. The van der Waals surface area contributed by atoms with Crippen LogP contribution in [0.15, 0.2) is 24.8 Å². The van der Waals surface area contributed by atoms with Crippen molar-refractivity contribution in [2.75, 3.05) is 6.61 Å². The molecule has 66 valence electrons. The van der Waals surface area contributed by atoms with Crippen molar-refractivity contribution in [1.82, 2.24) is 0 Å². The van der Waals surface area contributed by atoms with Crippen molar-refractivity contribution in [2.24, 2.45) is 0 Å². The summed E-state index contributed by atoms with van der Waals surface area (Å²) < 4.78 is 5.32. The van der Waals surface area contributed by atoms with Gasteiger partial charge in [-0.25, -0.2) is 0 Å². The van der Waals surface area contributed by atoms with Gasteiger partial charge in [-0.3, -0.25) is 0 Å². The van der Waals surface area contributed by atoms with E-state index in [2.05, 4.69) is 12.5 Å². The van der Waals surface area contributed by atoms with E-state index in [1.54, 1.807) is 6.08 Å². The maximum absolute atomic E-state index is 5.32. The van der Waals surface area contributed by atoms with Gasteiger partial charge in [-0.05, 0) is 19.1 Å². The number of hydrogen-bond donors (Lipinski definition) is 0. The topological polar surface area (TPSA) is 9.23 Å². The first-order chi connectivity index (χ1) is 6.27. The molecule has 0 aliphatic carbocycles. The number of terminal acetylenes is 1. The fourth-order valence-electron chi connectivity index (χ4n) is 1.08. The molecule has 0 spiro atoms. The van der Waals surface area contributed by atoms with E-state index in [1.165, 1.54) is 5.56 Å². The average Bonchev–Trinajstić information content (AvgIpc) is 2.16. The lowest BCUT2D eigenvalue weighted by atomic mass is 10.1. The third kappa shape index (κ3) is 2.38. The Labute approximate surface area is 79.0 Å². The Morgan fingerprint density at radius 2 is 2.38 bits per heavy atom. The Bertz CT molecular complexity index is 345. The molecular weight excluding hydrogens is 160 g/mol. The lowest BCUT2D eigenvalue weighted by Crippen LogP contribution is -1.95. The molecule has 0 N–H and O–H groups in total. The lowest BCUT2D eigenvalue weighted by Gasteiger charge is -2.06. The van der Waals surface area contributed by atoms with Gasteiger partial charge in [0.25, 0.3) is 0 Å². The molecule has 0 aliphatic rings. The average molecular weight is 172 g/mol. The van der Waals surface area contributed by atoms with Gasteiger partial charge in [0.1, 0.15) is 12.4 Å². The van der Waals surface area contributed by atoms with E-state index < -0.39 is 0 Å². The molecule has 0 unspecified atom stereocenters. The highest BCUT2D eigenvalue weighted by Crippen LogP contribution is 2.20. The molecule has 0 aliphatic heterocycles. The van der Waals surface area contributed by atoms with Crippen molar-refractivity contribution in [3.63, 3.8) is 0 Å². The van der Waals surface area contributed by atoms with Crippen LogP contribution in [0.2, 0.25) is 0 Å². The van der Waals surface area contributed by atoms with Crippen LogP contribution < -0.4 is 4.74 Å². The van der Waals surface area contributed by atoms with Gasteiger partial charge in [0, 0.05) is 5.56 Å². The monoisotopic (exact) mass is 172 g/mol. The molecule has 0 radical (unpaired) electrons. The lowest BCUT2D eigenvalue weighted by molar-refractivity contribution is 0.369. The van der Waals surface area contributed by atoms with E-state index in [9.17, 15) is 0 Å². The van der Waals surface area contributed by atoms with Crippen LogP contribution in [-0.4, -0.2) is 6.61 Å². The third-order valence-electron chi connectivity index (χ3n) is 1.70. The molecule has 0 heterocycles. The summed E-state index contributed by atoms with van der Waals surface area (Å²) in [6, 6.07) is 5.90. The summed E-state index contributed by atoms with van der Waals surface area (Å²) >= 11 is 0. The number of hydrogen-bond acceptors (Lipinski definition) is 1. The summed E-state index contributed by atoms with van der Waals surface area (Å²) in [6.07, 6.45) is 6.86. The number of aryl methyl sites for hydroxylation is 1. The molecule has 1 aromatic rings. The first-order valence-corrected chi connectivity index (χ1v) is 4.07. The summed E-state index contributed by atoms with van der Waals surface area (Å²) in [7, 11) is 0. The molecule has 1 rings (SSSR count). The van der Waals surface area contributed by atoms with Crippen LogP contribution in [0.25, 0.3) is 6.08 Å². The van der Waals surface area contributed by atoms with Crippen LogP contribution in [0.1, 0.15) is 11.1 Å². The Morgan fingerprint density at radius 3 is 3.00 bits per heavy atom. The van der Waals surface area contributed by atoms with Crippen LogP contribution in [0.5, 0.6) is 5.75 Å². The van der Waals surface area contributed by atoms with E-state index in [0.717, 1.165) is 11.3 Å². The van der Waals surface area contributed by atoms with Gasteiger partial charge in [0.2, 0.25) is 0 Å². The quantitative estimate of drug-likeness (QED) is 0.637. The first kappa shape index (κ1) is 9.41. The van der Waals surface area contributed by atoms with E-state index in [1.807, 2.05) is 25.1 Å². The largest absolute Gasteiger partial charge is 0.480 e. The van der Waals surface area contributed by atoms with Crippen molar-refractivity contribution in [3.05, 3.63) is 35.9 Å². The summed E-state index contributed by atoms with van der Waals surface area (Å²) in [5.74, 6) is 3.22. The smallest absolute Gasteiger partial charge is 0.148 e. The highest BCUT2D eigenvalue weighted by Gasteiger charge is 1.98. The Hall–Kier alpha value is -1.68. The van der Waals surface area contributed by atoms with Crippen LogP contribution in [-0.2, 0) is 0 Å². The maximum Gasteiger partial charge on any atom is 0.148 e. The molecule has 0 fully saturated rings. The zero-order valence-corrected chi connectivity index (χ0v) is 7.71. The Kier molecular flexibility index (Phi) is 3.16. The Morgan fingerprint density at radius 1 is 1.62 bits per heavy atom. The van der Waals surface area contributed by atoms with Gasteiger partial charge in [0.15, 0.2) is 0 Å². The summed E-state index contributed by atoms with van der Waals surface area (Å²) in [6.45, 7) is 6.03. The molecule has 0 bridgehead atoms. The van der Waals surface area contributed by atoms with Crippen LogP contribution >= 0.6 is 0 Å². The van der Waals surface area contributed by atoms with E-state index >= 15 is 0 Å². The zero-order valence-electron chi connectivity index (χ0n) is 7.71. The van der Waals surface area contributed by atoms with Crippen LogP contribution in [0, 0.1) is 19.3 Å². The van der Waals surface area contributed by atoms with Crippen molar-refractivity contribution in [1.29, 1.82) is 0 Å². The summed E-state index contributed by atoms with van der Waals surface area (Å²) in [4.78, 5) is 0. The van der Waals surface area contributed by atoms with E-state index in [0.29, 0.717) is 6.61 Å². The molecule has 1 aromatic carbocycles. The predicted molar refractivity (Wildman–Crippen MR) is 55.6 cm³/mol. The minimum absolute atomic E-state index is 0.296. The molecular formula is C12H12O. The van der Waals surface area contributed by atoms with E-state index in [-0.39, 0.29) is 0 Å². The van der Waals surface area contributed by atoms with Gasteiger partial charge < -0.3 is 4.74 Å². The first-order valence-electron chi connectivity index (χ1n) is 4.07. The second kappa shape index (κ2) is 4.37. The molecule has 0 amide bonds. The predicted octanol–water partition coefficient (Wildman–Crippen LogP) is 2.65. The van der Waals surface area contributed by atoms with Gasteiger partial charge in [-0.2, -0.15) is 0 Å². The maximum atomic E-state index is 5.32. The molecule has 1 heteroatoms. The number of benzene rings is 1.